The molecule has 1 heterocycles. The first-order valence-corrected chi connectivity index (χ1v) is 7.67. The molecule has 1 aromatic heterocycles. The minimum absolute atomic E-state index is 0.0118. The van der Waals surface area contributed by atoms with E-state index in [1.54, 1.807) is 6.07 Å². The summed E-state index contributed by atoms with van der Waals surface area (Å²) < 4.78 is 1.88. The van der Waals surface area contributed by atoms with Crippen LogP contribution in [0.4, 0.5) is 0 Å². The van der Waals surface area contributed by atoms with Crippen molar-refractivity contribution in [3.8, 4) is 0 Å². The van der Waals surface area contributed by atoms with Gasteiger partial charge in [-0.25, -0.2) is 0 Å². The maximum Gasteiger partial charge on any atom is 0.305 e. The predicted octanol–water partition coefficient (Wildman–Crippen LogP) is 2.13. The monoisotopic (exact) mass is 291 g/mol. The lowest BCUT2D eigenvalue weighted by molar-refractivity contribution is -0.139. The Morgan fingerprint density at radius 3 is 2.62 bits per heavy atom. The third-order valence-corrected chi connectivity index (χ3v) is 4.72. The summed E-state index contributed by atoms with van der Waals surface area (Å²) in [5.74, 6) is -1.13. The molecule has 1 amide bonds. The maximum atomic E-state index is 12.3. The second-order valence-electron chi connectivity index (χ2n) is 6.28. The molecule has 2 N–H and O–H groups in total. The Labute approximate surface area is 123 Å². The Morgan fingerprint density at radius 1 is 1.33 bits per heavy atom. The van der Waals surface area contributed by atoms with Crippen molar-refractivity contribution in [2.24, 2.45) is 0 Å². The quantitative estimate of drug-likeness (QED) is 0.870. The fourth-order valence-electron chi connectivity index (χ4n) is 3.38. The van der Waals surface area contributed by atoms with Gasteiger partial charge in [-0.3, -0.25) is 14.3 Å². The molecule has 3 rings (SSSR count). The third-order valence-electron chi connectivity index (χ3n) is 4.72. The topological polar surface area (TPSA) is 84.2 Å². The molecule has 114 valence electrons. The van der Waals surface area contributed by atoms with Crippen LogP contribution >= 0.6 is 0 Å². The van der Waals surface area contributed by atoms with Crippen LogP contribution in [0, 0.1) is 0 Å². The van der Waals surface area contributed by atoms with Gasteiger partial charge in [0, 0.05) is 6.20 Å². The Balaban J connectivity index is 1.66. The summed E-state index contributed by atoms with van der Waals surface area (Å²) in [7, 11) is 0. The number of aliphatic carboxylic acids is 1. The molecule has 6 heteroatoms. The van der Waals surface area contributed by atoms with Crippen molar-refractivity contribution < 1.29 is 14.7 Å². The van der Waals surface area contributed by atoms with Crippen LogP contribution in [0.2, 0.25) is 0 Å². The molecule has 21 heavy (non-hydrogen) atoms. The van der Waals surface area contributed by atoms with E-state index in [2.05, 4.69) is 10.4 Å². The molecule has 0 radical (unpaired) electrons. The first-order valence-electron chi connectivity index (χ1n) is 7.67. The number of hydrogen-bond acceptors (Lipinski definition) is 3. The van der Waals surface area contributed by atoms with E-state index in [4.69, 9.17) is 5.11 Å². The summed E-state index contributed by atoms with van der Waals surface area (Å²) in [5.41, 5.74) is -0.182. The second-order valence-corrected chi connectivity index (χ2v) is 6.28. The van der Waals surface area contributed by atoms with Crippen molar-refractivity contribution in [3.05, 3.63) is 18.0 Å². The van der Waals surface area contributed by atoms with Crippen molar-refractivity contribution in [3.63, 3.8) is 0 Å². The molecular weight excluding hydrogens is 270 g/mol. The molecule has 6 nitrogen and oxygen atoms in total. The number of carbonyl (C=O) groups excluding carboxylic acids is 1. The predicted molar refractivity (Wildman–Crippen MR) is 76.0 cm³/mol. The Hall–Kier alpha value is -1.85. The molecule has 2 aliphatic rings. The summed E-state index contributed by atoms with van der Waals surface area (Å²) >= 11 is 0. The molecule has 1 aromatic rings. The first kappa shape index (κ1) is 14.1. The summed E-state index contributed by atoms with van der Waals surface area (Å²) in [5, 5.41) is 16.2. The van der Waals surface area contributed by atoms with Gasteiger partial charge >= 0.3 is 5.97 Å². The van der Waals surface area contributed by atoms with Gasteiger partial charge in [-0.1, -0.05) is 12.8 Å². The zero-order valence-corrected chi connectivity index (χ0v) is 12.0. The SMILES string of the molecule is O=C(O)CC1(NC(=O)c2ccn(C3CCCC3)n2)CCC1. The van der Waals surface area contributed by atoms with E-state index in [-0.39, 0.29) is 12.3 Å². The minimum Gasteiger partial charge on any atom is -0.481 e. The molecule has 0 atom stereocenters. The molecule has 0 unspecified atom stereocenters. The van der Waals surface area contributed by atoms with E-state index in [9.17, 15) is 9.59 Å². The van der Waals surface area contributed by atoms with Crippen molar-refractivity contribution in [1.29, 1.82) is 0 Å². The van der Waals surface area contributed by atoms with Gasteiger partial charge in [0.1, 0.15) is 5.69 Å². The van der Waals surface area contributed by atoms with Crippen molar-refractivity contribution in [2.75, 3.05) is 0 Å². The van der Waals surface area contributed by atoms with E-state index in [0.29, 0.717) is 11.7 Å². The summed E-state index contributed by atoms with van der Waals surface area (Å²) in [6.07, 6.45) is 8.93. The molecule has 0 aliphatic heterocycles. The molecule has 0 saturated heterocycles. The lowest BCUT2D eigenvalue weighted by Crippen LogP contribution is -2.54. The number of amides is 1. The summed E-state index contributed by atoms with van der Waals surface area (Å²) in [6, 6.07) is 2.13. The Morgan fingerprint density at radius 2 is 2.05 bits per heavy atom. The third kappa shape index (κ3) is 2.94. The van der Waals surface area contributed by atoms with Gasteiger partial charge in [0.05, 0.1) is 18.0 Å². The average Bonchev–Trinajstić information content (AvgIpc) is 3.05. The van der Waals surface area contributed by atoms with E-state index in [1.165, 1.54) is 12.8 Å². The van der Waals surface area contributed by atoms with Crippen LogP contribution < -0.4 is 5.32 Å². The van der Waals surface area contributed by atoms with Crippen molar-refractivity contribution in [1.82, 2.24) is 15.1 Å². The van der Waals surface area contributed by atoms with Gasteiger partial charge in [-0.05, 0) is 38.2 Å². The minimum atomic E-state index is -0.869. The molecule has 2 aliphatic carbocycles. The first-order chi connectivity index (χ1) is 10.1. The Bertz CT molecular complexity index is 542. The fraction of sp³-hybridized carbons (Fsp3) is 0.667. The van der Waals surface area contributed by atoms with E-state index >= 15 is 0 Å². The molecule has 0 spiro atoms. The van der Waals surface area contributed by atoms with Gasteiger partial charge in [-0.2, -0.15) is 5.10 Å². The van der Waals surface area contributed by atoms with Gasteiger partial charge < -0.3 is 10.4 Å². The van der Waals surface area contributed by atoms with Crippen LogP contribution in [0.3, 0.4) is 0 Å². The Kier molecular flexibility index (Phi) is 3.69. The average molecular weight is 291 g/mol. The van der Waals surface area contributed by atoms with Crippen LogP contribution in [0.5, 0.6) is 0 Å². The van der Waals surface area contributed by atoms with Gasteiger partial charge in [0.25, 0.3) is 5.91 Å². The lowest BCUT2D eigenvalue weighted by atomic mass is 9.74. The van der Waals surface area contributed by atoms with Crippen LogP contribution in [-0.2, 0) is 4.79 Å². The highest BCUT2D eigenvalue weighted by molar-refractivity contribution is 5.93. The maximum absolute atomic E-state index is 12.3. The van der Waals surface area contributed by atoms with Crippen molar-refractivity contribution >= 4 is 11.9 Å². The number of aromatic nitrogens is 2. The zero-order chi connectivity index (χ0) is 14.9. The molecular formula is C15H21N3O3. The number of rotatable bonds is 5. The van der Waals surface area contributed by atoms with Gasteiger partial charge in [0.2, 0.25) is 0 Å². The van der Waals surface area contributed by atoms with Gasteiger partial charge in [0.15, 0.2) is 0 Å². The molecule has 2 saturated carbocycles. The number of carbonyl (C=O) groups is 2. The number of carboxylic acids is 1. The van der Waals surface area contributed by atoms with Gasteiger partial charge in [-0.15, -0.1) is 0 Å². The van der Waals surface area contributed by atoms with E-state index in [0.717, 1.165) is 32.1 Å². The highest BCUT2D eigenvalue weighted by Crippen LogP contribution is 2.35. The fourth-order valence-corrected chi connectivity index (χ4v) is 3.38. The molecule has 0 aromatic carbocycles. The highest BCUT2D eigenvalue weighted by atomic mass is 16.4. The standard InChI is InChI=1S/C15H21N3O3/c19-13(20)10-15(7-3-8-15)16-14(21)12-6-9-18(17-12)11-4-1-2-5-11/h6,9,11H,1-5,7-8,10H2,(H,16,21)(H,19,20). The number of nitrogens with zero attached hydrogens (tertiary/aromatic N) is 2. The largest absolute Gasteiger partial charge is 0.481 e. The van der Waals surface area contributed by atoms with Crippen molar-refractivity contribution in [2.45, 2.75) is 62.9 Å². The zero-order valence-electron chi connectivity index (χ0n) is 12.0. The lowest BCUT2D eigenvalue weighted by Gasteiger charge is -2.41. The van der Waals surface area contributed by atoms with Crippen LogP contribution in [0.25, 0.3) is 0 Å². The van der Waals surface area contributed by atoms with Crippen LogP contribution in [-0.4, -0.2) is 32.3 Å². The number of carboxylic acid groups (broad SMARTS) is 1. The second kappa shape index (κ2) is 5.50. The number of hydrogen-bond donors (Lipinski definition) is 2. The van der Waals surface area contributed by atoms with E-state index < -0.39 is 11.5 Å². The highest BCUT2D eigenvalue weighted by Gasteiger charge is 2.40. The smallest absolute Gasteiger partial charge is 0.305 e. The molecule has 0 bridgehead atoms. The molecule has 2 fully saturated rings. The van der Waals surface area contributed by atoms with Crippen LogP contribution in [0.15, 0.2) is 12.3 Å². The number of nitrogens with one attached hydrogen (secondary N) is 1. The van der Waals surface area contributed by atoms with Crippen LogP contribution in [0.1, 0.15) is 67.9 Å². The van der Waals surface area contributed by atoms with E-state index in [1.807, 2.05) is 10.9 Å². The summed E-state index contributed by atoms with van der Waals surface area (Å²) in [4.78, 5) is 23.2. The summed E-state index contributed by atoms with van der Waals surface area (Å²) in [6.45, 7) is 0. The normalized spacial score (nSPS) is 21.0.